The van der Waals surface area contributed by atoms with E-state index in [2.05, 4.69) is 31.1 Å². The number of rotatable bonds is 4. The number of hydrogen-bond acceptors (Lipinski definition) is 6. The van der Waals surface area contributed by atoms with Gasteiger partial charge in [0.2, 0.25) is 5.91 Å². The van der Waals surface area contributed by atoms with E-state index in [-0.39, 0.29) is 15.5 Å². The van der Waals surface area contributed by atoms with E-state index in [1.54, 1.807) is 23.9 Å². The van der Waals surface area contributed by atoms with Crippen molar-refractivity contribution in [1.82, 2.24) is 4.98 Å². The molecule has 1 aromatic heterocycles. The summed E-state index contributed by atoms with van der Waals surface area (Å²) in [6.45, 7) is 6.15. The standard InChI is InChI=1S/C14H18N2O3S3/c1-14(2,3)20-8-12(17)16-13-15-10-6-5-9(22(4,18)19)7-11(10)21-13/h5-7H,8H2,1-4H3,(H,15,16,17). The molecule has 0 aliphatic rings. The quantitative estimate of drug-likeness (QED) is 0.908. The number of thiazole rings is 1. The van der Waals surface area contributed by atoms with Gasteiger partial charge < -0.3 is 5.32 Å². The maximum Gasteiger partial charge on any atom is 0.236 e. The molecule has 0 saturated carbocycles. The molecule has 120 valence electrons. The Morgan fingerprint density at radius 2 is 2.05 bits per heavy atom. The largest absolute Gasteiger partial charge is 0.301 e. The Balaban J connectivity index is 2.15. The van der Waals surface area contributed by atoms with Crippen LogP contribution in [-0.4, -0.2) is 36.1 Å². The number of nitrogens with one attached hydrogen (secondary N) is 1. The van der Waals surface area contributed by atoms with Crippen molar-refractivity contribution in [3.05, 3.63) is 18.2 Å². The fraction of sp³-hybridized carbons (Fsp3) is 0.429. The van der Waals surface area contributed by atoms with Gasteiger partial charge in [0.15, 0.2) is 15.0 Å². The van der Waals surface area contributed by atoms with Crippen LogP contribution in [0.3, 0.4) is 0 Å². The molecule has 8 heteroatoms. The molecule has 0 atom stereocenters. The molecule has 5 nitrogen and oxygen atoms in total. The highest BCUT2D eigenvalue weighted by Crippen LogP contribution is 2.29. The second kappa shape index (κ2) is 6.17. The van der Waals surface area contributed by atoms with Crippen molar-refractivity contribution < 1.29 is 13.2 Å². The van der Waals surface area contributed by atoms with E-state index in [0.717, 1.165) is 4.70 Å². The summed E-state index contributed by atoms with van der Waals surface area (Å²) in [5, 5.41) is 3.25. The Bertz CT molecular complexity index is 804. The summed E-state index contributed by atoms with van der Waals surface area (Å²) in [7, 11) is -3.24. The predicted molar refractivity (Wildman–Crippen MR) is 93.6 cm³/mol. The zero-order valence-corrected chi connectivity index (χ0v) is 15.3. The molecule has 1 amide bonds. The number of anilines is 1. The van der Waals surface area contributed by atoms with E-state index in [1.807, 2.05) is 0 Å². The monoisotopic (exact) mass is 358 g/mol. The van der Waals surface area contributed by atoms with Gasteiger partial charge >= 0.3 is 0 Å². The van der Waals surface area contributed by atoms with Gasteiger partial charge in [-0.2, -0.15) is 0 Å². The minimum Gasteiger partial charge on any atom is -0.301 e. The molecule has 0 saturated heterocycles. The lowest BCUT2D eigenvalue weighted by Gasteiger charge is -2.16. The van der Waals surface area contributed by atoms with E-state index in [0.29, 0.717) is 16.4 Å². The lowest BCUT2D eigenvalue weighted by molar-refractivity contribution is -0.113. The molecule has 0 aliphatic carbocycles. The number of thioether (sulfide) groups is 1. The minimum atomic E-state index is -3.24. The Kier molecular flexibility index (Phi) is 4.84. The molecule has 0 radical (unpaired) electrons. The molecule has 0 spiro atoms. The van der Waals surface area contributed by atoms with Gasteiger partial charge in [-0.05, 0) is 18.2 Å². The summed E-state index contributed by atoms with van der Waals surface area (Å²) in [6.07, 6.45) is 1.17. The molecule has 1 heterocycles. The summed E-state index contributed by atoms with van der Waals surface area (Å²) in [5.74, 6) is 0.246. The number of carbonyl (C=O) groups is 1. The molecule has 0 unspecified atom stereocenters. The highest BCUT2D eigenvalue weighted by Gasteiger charge is 2.15. The van der Waals surface area contributed by atoms with Crippen LogP contribution >= 0.6 is 23.1 Å². The van der Waals surface area contributed by atoms with E-state index in [4.69, 9.17) is 0 Å². The van der Waals surface area contributed by atoms with E-state index < -0.39 is 9.84 Å². The third-order valence-electron chi connectivity index (χ3n) is 2.67. The summed E-state index contributed by atoms with van der Waals surface area (Å²) >= 11 is 2.83. The van der Waals surface area contributed by atoms with Gasteiger partial charge in [-0.1, -0.05) is 32.1 Å². The van der Waals surface area contributed by atoms with Crippen LogP contribution in [0.15, 0.2) is 23.1 Å². The first-order valence-electron chi connectivity index (χ1n) is 6.59. The lowest BCUT2D eigenvalue weighted by atomic mass is 10.3. The zero-order valence-electron chi connectivity index (χ0n) is 12.8. The van der Waals surface area contributed by atoms with Crippen LogP contribution in [-0.2, 0) is 14.6 Å². The summed E-state index contributed by atoms with van der Waals surface area (Å²) in [4.78, 5) is 16.5. The van der Waals surface area contributed by atoms with Gasteiger partial charge in [-0.15, -0.1) is 11.8 Å². The second-order valence-electron chi connectivity index (χ2n) is 5.87. The molecule has 2 rings (SSSR count). The first kappa shape index (κ1) is 17.2. The van der Waals surface area contributed by atoms with Gasteiger partial charge in [0.05, 0.1) is 20.9 Å². The topological polar surface area (TPSA) is 76.1 Å². The minimum absolute atomic E-state index is 0.0231. The number of benzene rings is 1. The average Bonchev–Trinajstić information content (AvgIpc) is 2.75. The number of nitrogens with zero attached hydrogens (tertiary/aromatic N) is 1. The van der Waals surface area contributed by atoms with E-state index >= 15 is 0 Å². The normalized spacial score (nSPS) is 12.5. The molecule has 0 bridgehead atoms. The van der Waals surface area contributed by atoms with Gasteiger partial charge in [0.1, 0.15) is 0 Å². The Hall–Kier alpha value is -1.12. The van der Waals surface area contributed by atoms with Crippen LogP contribution in [0.1, 0.15) is 20.8 Å². The molecular formula is C14H18N2O3S3. The van der Waals surface area contributed by atoms with Crippen LogP contribution < -0.4 is 5.32 Å². The van der Waals surface area contributed by atoms with Crippen molar-refractivity contribution in [2.75, 3.05) is 17.3 Å². The van der Waals surface area contributed by atoms with Crippen molar-refractivity contribution in [2.45, 2.75) is 30.4 Å². The maximum absolute atomic E-state index is 11.9. The fourth-order valence-corrected chi connectivity index (χ4v) is 3.91. The first-order valence-corrected chi connectivity index (χ1v) is 10.3. The molecule has 1 aromatic carbocycles. The maximum atomic E-state index is 11.9. The molecule has 1 N–H and O–H groups in total. The highest BCUT2D eigenvalue weighted by molar-refractivity contribution is 8.01. The van der Waals surface area contributed by atoms with Gasteiger partial charge in [-0.3, -0.25) is 4.79 Å². The van der Waals surface area contributed by atoms with Crippen LogP contribution in [0.5, 0.6) is 0 Å². The van der Waals surface area contributed by atoms with Crippen LogP contribution in [0, 0.1) is 0 Å². The van der Waals surface area contributed by atoms with Crippen molar-refractivity contribution in [1.29, 1.82) is 0 Å². The number of fused-ring (bicyclic) bond motifs is 1. The van der Waals surface area contributed by atoms with Gasteiger partial charge in [-0.25, -0.2) is 13.4 Å². The Morgan fingerprint density at radius 3 is 2.64 bits per heavy atom. The van der Waals surface area contributed by atoms with Gasteiger partial charge in [0, 0.05) is 11.0 Å². The Morgan fingerprint density at radius 1 is 1.36 bits per heavy atom. The van der Waals surface area contributed by atoms with E-state index in [9.17, 15) is 13.2 Å². The van der Waals surface area contributed by atoms with E-state index in [1.165, 1.54) is 23.7 Å². The lowest BCUT2D eigenvalue weighted by Crippen LogP contribution is -2.18. The predicted octanol–water partition coefficient (Wildman–Crippen LogP) is 3.17. The van der Waals surface area contributed by atoms with Crippen molar-refractivity contribution >= 4 is 54.2 Å². The highest BCUT2D eigenvalue weighted by atomic mass is 32.2. The average molecular weight is 359 g/mol. The Labute approximate surface area is 138 Å². The van der Waals surface area contributed by atoms with Crippen LogP contribution in [0.4, 0.5) is 5.13 Å². The number of amides is 1. The van der Waals surface area contributed by atoms with Crippen molar-refractivity contribution in [2.24, 2.45) is 0 Å². The third kappa shape index (κ3) is 4.69. The molecule has 22 heavy (non-hydrogen) atoms. The molecular weight excluding hydrogens is 340 g/mol. The summed E-state index contributed by atoms with van der Waals surface area (Å²) in [6, 6.07) is 4.77. The third-order valence-corrected chi connectivity index (χ3v) is 5.99. The second-order valence-corrected chi connectivity index (χ2v) is 10.7. The zero-order chi connectivity index (χ0) is 16.5. The summed E-state index contributed by atoms with van der Waals surface area (Å²) < 4.78 is 23.9. The van der Waals surface area contributed by atoms with Crippen LogP contribution in [0.2, 0.25) is 0 Å². The SMILES string of the molecule is CC(C)(C)SCC(=O)Nc1nc2ccc(S(C)(=O)=O)cc2s1. The number of hydrogen-bond donors (Lipinski definition) is 1. The van der Waals surface area contributed by atoms with Crippen molar-refractivity contribution in [3.63, 3.8) is 0 Å². The molecule has 0 fully saturated rings. The number of carbonyl (C=O) groups excluding carboxylic acids is 1. The molecule has 0 aliphatic heterocycles. The van der Waals surface area contributed by atoms with Crippen molar-refractivity contribution in [3.8, 4) is 0 Å². The van der Waals surface area contributed by atoms with Gasteiger partial charge in [0.25, 0.3) is 0 Å². The molecule has 2 aromatic rings. The van der Waals surface area contributed by atoms with Crippen LogP contribution in [0.25, 0.3) is 10.2 Å². The number of aromatic nitrogens is 1. The number of sulfone groups is 1. The first-order chi connectivity index (χ1) is 10.0. The summed E-state index contributed by atoms with van der Waals surface area (Å²) in [5.41, 5.74) is 0.677. The fourth-order valence-electron chi connectivity index (χ4n) is 1.63. The smallest absolute Gasteiger partial charge is 0.236 e.